The summed E-state index contributed by atoms with van der Waals surface area (Å²) in [6, 6.07) is 0.376. The van der Waals surface area contributed by atoms with E-state index in [1.54, 1.807) is 0 Å². The third-order valence-electron chi connectivity index (χ3n) is 3.63. The summed E-state index contributed by atoms with van der Waals surface area (Å²) in [5.74, 6) is 0.416. The molecule has 1 N–H and O–H groups in total. The highest BCUT2D eigenvalue weighted by molar-refractivity contribution is 5.79. The third kappa shape index (κ3) is 3.08. The van der Waals surface area contributed by atoms with Gasteiger partial charge >= 0.3 is 0 Å². The Labute approximate surface area is 97.2 Å². The van der Waals surface area contributed by atoms with Crippen molar-refractivity contribution >= 4 is 5.91 Å². The van der Waals surface area contributed by atoms with Crippen LogP contribution in [0.3, 0.4) is 0 Å². The van der Waals surface area contributed by atoms with Gasteiger partial charge in [-0.15, -0.1) is 0 Å². The minimum atomic E-state index is 0.180. The van der Waals surface area contributed by atoms with Crippen molar-refractivity contribution in [1.82, 2.24) is 5.32 Å². The van der Waals surface area contributed by atoms with Crippen LogP contribution in [0.4, 0.5) is 0 Å². The van der Waals surface area contributed by atoms with E-state index in [1.165, 1.54) is 5.57 Å². The van der Waals surface area contributed by atoms with Crippen molar-refractivity contribution in [2.45, 2.75) is 44.6 Å². The average molecular weight is 223 g/mol. The molecule has 16 heavy (non-hydrogen) atoms. The third-order valence-corrected chi connectivity index (χ3v) is 3.63. The van der Waals surface area contributed by atoms with E-state index in [-0.39, 0.29) is 11.8 Å². The molecule has 3 heteroatoms. The molecule has 0 bridgehead atoms. The number of ether oxygens (including phenoxy) is 1. The van der Waals surface area contributed by atoms with Crippen LogP contribution in [0.2, 0.25) is 0 Å². The number of amides is 1. The molecule has 3 nitrogen and oxygen atoms in total. The maximum Gasteiger partial charge on any atom is 0.223 e. The van der Waals surface area contributed by atoms with Crippen LogP contribution < -0.4 is 5.32 Å². The number of allylic oxidation sites excluding steroid dienone is 1. The summed E-state index contributed by atoms with van der Waals surface area (Å²) in [6.07, 6.45) is 6.02. The molecule has 2 rings (SSSR count). The molecule has 0 atom stereocenters. The summed E-state index contributed by atoms with van der Waals surface area (Å²) in [4.78, 5) is 12.0. The summed E-state index contributed by atoms with van der Waals surface area (Å²) >= 11 is 0. The molecule has 0 aromatic carbocycles. The lowest BCUT2D eigenvalue weighted by molar-refractivity contribution is -0.128. The Morgan fingerprint density at radius 3 is 2.44 bits per heavy atom. The van der Waals surface area contributed by atoms with Crippen LogP contribution in [0, 0.1) is 5.92 Å². The van der Waals surface area contributed by atoms with E-state index in [1.807, 2.05) is 0 Å². The van der Waals surface area contributed by atoms with E-state index in [0.29, 0.717) is 6.04 Å². The first-order valence-electron chi connectivity index (χ1n) is 6.30. The lowest BCUT2D eigenvalue weighted by Gasteiger charge is -2.28. The number of hydrogen-bond acceptors (Lipinski definition) is 2. The standard InChI is InChI=1S/C13H21NO2/c1-10-2-4-12(5-3-10)14-13(15)11-6-8-16-9-7-11/h11-12H,1-9H2,(H,14,15). The van der Waals surface area contributed by atoms with Gasteiger partial charge in [-0.1, -0.05) is 12.2 Å². The molecule has 0 spiro atoms. The Morgan fingerprint density at radius 2 is 1.81 bits per heavy atom. The number of carbonyl (C=O) groups is 1. The molecular weight excluding hydrogens is 202 g/mol. The Morgan fingerprint density at radius 1 is 1.19 bits per heavy atom. The van der Waals surface area contributed by atoms with Crippen molar-refractivity contribution in [1.29, 1.82) is 0 Å². The fourth-order valence-corrected chi connectivity index (χ4v) is 2.45. The summed E-state index contributed by atoms with van der Waals surface area (Å²) in [7, 11) is 0. The zero-order chi connectivity index (χ0) is 11.4. The number of hydrogen-bond donors (Lipinski definition) is 1. The molecule has 1 heterocycles. The second-order valence-electron chi connectivity index (χ2n) is 4.92. The van der Waals surface area contributed by atoms with Crippen LogP contribution in [0.15, 0.2) is 12.2 Å². The van der Waals surface area contributed by atoms with Crippen LogP contribution in [0.25, 0.3) is 0 Å². The first-order chi connectivity index (χ1) is 7.75. The highest BCUT2D eigenvalue weighted by Crippen LogP contribution is 2.23. The van der Waals surface area contributed by atoms with Gasteiger partial charge in [0.15, 0.2) is 0 Å². The molecule has 2 fully saturated rings. The normalized spacial score (nSPS) is 24.4. The van der Waals surface area contributed by atoms with Crippen LogP contribution in [0.5, 0.6) is 0 Å². The van der Waals surface area contributed by atoms with Gasteiger partial charge in [-0.3, -0.25) is 4.79 Å². The lowest BCUT2D eigenvalue weighted by atomic mass is 9.91. The molecule has 1 saturated carbocycles. The van der Waals surface area contributed by atoms with E-state index in [9.17, 15) is 4.79 Å². The smallest absolute Gasteiger partial charge is 0.223 e. The van der Waals surface area contributed by atoms with E-state index in [4.69, 9.17) is 4.74 Å². The van der Waals surface area contributed by atoms with Gasteiger partial charge in [-0.05, 0) is 38.5 Å². The molecule has 0 unspecified atom stereocenters. The molecule has 0 radical (unpaired) electrons. The van der Waals surface area contributed by atoms with Crippen molar-refractivity contribution in [2.24, 2.45) is 5.92 Å². The predicted octanol–water partition coefficient (Wildman–Crippen LogP) is 2.03. The largest absolute Gasteiger partial charge is 0.381 e. The van der Waals surface area contributed by atoms with Crippen molar-refractivity contribution in [3.8, 4) is 0 Å². The second-order valence-corrected chi connectivity index (χ2v) is 4.92. The highest BCUT2D eigenvalue weighted by Gasteiger charge is 2.24. The van der Waals surface area contributed by atoms with E-state index < -0.39 is 0 Å². The number of carbonyl (C=O) groups excluding carboxylic acids is 1. The number of rotatable bonds is 2. The van der Waals surface area contributed by atoms with E-state index >= 15 is 0 Å². The van der Waals surface area contributed by atoms with Gasteiger partial charge in [0.1, 0.15) is 0 Å². The predicted molar refractivity (Wildman–Crippen MR) is 63.1 cm³/mol. The lowest BCUT2D eigenvalue weighted by Crippen LogP contribution is -2.41. The van der Waals surface area contributed by atoms with Gasteiger partial charge in [0.2, 0.25) is 5.91 Å². The van der Waals surface area contributed by atoms with E-state index in [0.717, 1.165) is 51.7 Å². The molecule has 1 amide bonds. The number of nitrogens with one attached hydrogen (secondary N) is 1. The topological polar surface area (TPSA) is 38.3 Å². The van der Waals surface area contributed by atoms with Gasteiger partial charge in [-0.25, -0.2) is 0 Å². The van der Waals surface area contributed by atoms with Crippen LogP contribution >= 0.6 is 0 Å². The minimum absolute atomic E-state index is 0.180. The van der Waals surface area contributed by atoms with Gasteiger partial charge < -0.3 is 10.1 Å². The fraction of sp³-hybridized carbons (Fsp3) is 0.769. The van der Waals surface area contributed by atoms with Crippen molar-refractivity contribution in [3.05, 3.63) is 12.2 Å². The molecule has 2 aliphatic rings. The summed E-state index contributed by atoms with van der Waals surface area (Å²) in [5.41, 5.74) is 1.33. The Bertz CT molecular complexity index is 259. The highest BCUT2D eigenvalue weighted by atomic mass is 16.5. The molecule has 0 aromatic heterocycles. The monoisotopic (exact) mass is 223 g/mol. The second kappa shape index (κ2) is 5.48. The quantitative estimate of drug-likeness (QED) is 0.727. The van der Waals surface area contributed by atoms with Gasteiger partial charge in [0, 0.05) is 25.2 Å². The van der Waals surface area contributed by atoms with Crippen molar-refractivity contribution in [2.75, 3.05) is 13.2 Å². The van der Waals surface area contributed by atoms with Gasteiger partial charge in [-0.2, -0.15) is 0 Å². The molecule has 1 aliphatic heterocycles. The van der Waals surface area contributed by atoms with Crippen LogP contribution in [-0.4, -0.2) is 25.2 Å². The van der Waals surface area contributed by atoms with Gasteiger partial charge in [0.25, 0.3) is 0 Å². The van der Waals surface area contributed by atoms with Crippen LogP contribution in [-0.2, 0) is 9.53 Å². The fourth-order valence-electron chi connectivity index (χ4n) is 2.45. The summed E-state index contributed by atoms with van der Waals surface area (Å²) in [6.45, 7) is 5.46. The Balaban J connectivity index is 1.75. The Hall–Kier alpha value is -0.830. The zero-order valence-corrected chi connectivity index (χ0v) is 9.84. The van der Waals surface area contributed by atoms with E-state index in [2.05, 4.69) is 11.9 Å². The first-order valence-corrected chi connectivity index (χ1v) is 6.30. The SMILES string of the molecule is C=C1CCC(NC(=O)C2CCOCC2)CC1. The zero-order valence-electron chi connectivity index (χ0n) is 9.84. The minimum Gasteiger partial charge on any atom is -0.381 e. The van der Waals surface area contributed by atoms with Crippen molar-refractivity contribution in [3.63, 3.8) is 0 Å². The van der Waals surface area contributed by atoms with Gasteiger partial charge in [0.05, 0.1) is 0 Å². The van der Waals surface area contributed by atoms with Crippen molar-refractivity contribution < 1.29 is 9.53 Å². The summed E-state index contributed by atoms with van der Waals surface area (Å²) < 4.78 is 5.26. The maximum atomic E-state index is 12.0. The first kappa shape index (κ1) is 11.6. The molecule has 1 saturated heterocycles. The molecule has 0 aromatic rings. The maximum absolute atomic E-state index is 12.0. The van der Waals surface area contributed by atoms with Crippen LogP contribution in [0.1, 0.15) is 38.5 Å². The average Bonchev–Trinajstić information content (AvgIpc) is 2.33. The summed E-state index contributed by atoms with van der Waals surface area (Å²) in [5, 5.41) is 3.17. The molecule has 1 aliphatic carbocycles. The molecule has 90 valence electrons. The molecular formula is C13H21NO2. The Kier molecular flexibility index (Phi) is 3.99.